The van der Waals surface area contributed by atoms with Crippen LogP contribution >= 0.6 is 11.6 Å². The van der Waals surface area contributed by atoms with E-state index < -0.39 is 6.10 Å². The number of aliphatic hydroxyl groups excluding tert-OH is 1. The summed E-state index contributed by atoms with van der Waals surface area (Å²) in [7, 11) is 0. The SMILES string of the molecule is CC1CCCN(c2ccc(NCC(O)CCl)cc2C#N)C1. The highest BCUT2D eigenvalue weighted by atomic mass is 35.5. The van der Waals surface area contributed by atoms with Gasteiger partial charge in [-0.25, -0.2) is 0 Å². The maximum atomic E-state index is 9.47. The summed E-state index contributed by atoms with van der Waals surface area (Å²) in [4.78, 5) is 2.30. The predicted molar refractivity (Wildman–Crippen MR) is 87.0 cm³/mol. The van der Waals surface area contributed by atoms with E-state index >= 15 is 0 Å². The van der Waals surface area contributed by atoms with Crippen molar-refractivity contribution in [3.63, 3.8) is 0 Å². The molecule has 1 aliphatic heterocycles. The van der Waals surface area contributed by atoms with E-state index in [1.54, 1.807) is 0 Å². The van der Waals surface area contributed by atoms with Crippen LogP contribution in [-0.4, -0.2) is 36.7 Å². The third kappa shape index (κ3) is 4.26. The van der Waals surface area contributed by atoms with E-state index in [1.807, 2.05) is 18.2 Å². The van der Waals surface area contributed by atoms with Crippen molar-refractivity contribution in [3.8, 4) is 6.07 Å². The second-order valence-corrected chi connectivity index (χ2v) is 6.03. The Bertz CT molecular complexity index is 515. The minimum absolute atomic E-state index is 0.196. The number of hydrogen-bond acceptors (Lipinski definition) is 4. The van der Waals surface area contributed by atoms with E-state index in [9.17, 15) is 10.4 Å². The Morgan fingerprint density at radius 1 is 1.57 bits per heavy atom. The molecular weight excluding hydrogens is 286 g/mol. The van der Waals surface area contributed by atoms with Crippen LogP contribution in [0.15, 0.2) is 18.2 Å². The van der Waals surface area contributed by atoms with Gasteiger partial charge >= 0.3 is 0 Å². The molecule has 2 unspecified atom stereocenters. The highest BCUT2D eigenvalue weighted by molar-refractivity contribution is 6.18. The fourth-order valence-electron chi connectivity index (χ4n) is 2.71. The summed E-state index contributed by atoms with van der Waals surface area (Å²) < 4.78 is 0. The summed E-state index contributed by atoms with van der Waals surface area (Å²) in [5, 5.41) is 22.0. The summed E-state index contributed by atoms with van der Waals surface area (Å²) in [6, 6.07) is 8.07. The van der Waals surface area contributed by atoms with E-state index in [-0.39, 0.29) is 5.88 Å². The maximum absolute atomic E-state index is 9.47. The molecule has 0 amide bonds. The van der Waals surface area contributed by atoms with E-state index in [0.29, 0.717) is 18.0 Å². The molecule has 0 spiro atoms. The van der Waals surface area contributed by atoms with Crippen molar-refractivity contribution in [1.82, 2.24) is 0 Å². The lowest BCUT2D eigenvalue weighted by Gasteiger charge is -2.33. The van der Waals surface area contributed by atoms with Crippen molar-refractivity contribution in [3.05, 3.63) is 23.8 Å². The van der Waals surface area contributed by atoms with Crippen LogP contribution in [-0.2, 0) is 0 Å². The molecule has 1 saturated heterocycles. The second-order valence-electron chi connectivity index (χ2n) is 5.73. The summed E-state index contributed by atoms with van der Waals surface area (Å²) in [6.07, 6.45) is 1.85. The average molecular weight is 308 g/mol. The van der Waals surface area contributed by atoms with E-state index in [2.05, 4.69) is 23.2 Å². The number of aliphatic hydroxyl groups is 1. The number of anilines is 2. The average Bonchev–Trinajstić information content (AvgIpc) is 2.52. The van der Waals surface area contributed by atoms with Crippen LogP contribution < -0.4 is 10.2 Å². The number of alkyl halides is 1. The lowest BCUT2D eigenvalue weighted by Crippen LogP contribution is -2.34. The number of nitriles is 1. The molecule has 0 aliphatic carbocycles. The largest absolute Gasteiger partial charge is 0.390 e. The van der Waals surface area contributed by atoms with Gasteiger partial charge in [0, 0.05) is 25.3 Å². The topological polar surface area (TPSA) is 59.3 Å². The molecule has 2 atom stereocenters. The second kappa shape index (κ2) is 7.53. The van der Waals surface area contributed by atoms with Crippen LogP contribution in [0.5, 0.6) is 0 Å². The summed E-state index contributed by atoms with van der Waals surface area (Å²) in [5.41, 5.74) is 2.52. The lowest BCUT2D eigenvalue weighted by atomic mass is 9.99. The Balaban J connectivity index is 2.11. The van der Waals surface area contributed by atoms with Crippen molar-refractivity contribution in [1.29, 1.82) is 5.26 Å². The molecule has 2 N–H and O–H groups in total. The predicted octanol–water partition coefficient (Wildman–Crippen LogP) is 2.81. The van der Waals surface area contributed by atoms with Crippen LogP contribution in [0, 0.1) is 17.2 Å². The summed E-state index contributed by atoms with van der Waals surface area (Å²) in [6.45, 7) is 4.65. The molecule has 0 radical (unpaired) electrons. The number of hydrogen-bond donors (Lipinski definition) is 2. The Kier molecular flexibility index (Phi) is 5.72. The van der Waals surface area contributed by atoms with Gasteiger partial charge in [0.15, 0.2) is 0 Å². The molecule has 0 bridgehead atoms. The van der Waals surface area contributed by atoms with Gasteiger partial charge in [-0.3, -0.25) is 0 Å². The van der Waals surface area contributed by atoms with Gasteiger partial charge in [0.1, 0.15) is 6.07 Å². The van der Waals surface area contributed by atoms with Crippen LogP contribution in [0.2, 0.25) is 0 Å². The molecule has 1 aromatic carbocycles. The molecule has 2 rings (SSSR count). The Hall–Kier alpha value is -1.44. The zero-order valence-electron chi connectivity index (χ0n) is 12.3. The monoisotopic (exact) mass is 307 g/mol. The number of halogens is 1. The zero-order chi connectivity index (χ0) is 15.2. The zero-order valence-corrected chi connectivity index (χ0v) is 13.1. The van der Waals surface area contributed by atoms with Crippen LogP contribution in [0.1, 0.15) is 25.3 Å². The molecule has 0 saturated carbocycles. The molecule has 21 heavy (non-hydrogen) atoms. The molecule has 1 heterocycles. The van der Waals surface area contributed by atoms with E-state index in [0.717, 1.165) is 24.5 Å². The van der Waals surface area contributed by atoms with E-state index in [4.69, 9.17) is 11.6 Å². The third-order valence-corrected chi connectivity index (χ3v) is 4.19. The number of rotatable bonds is 5. The van der Waals surface area contributed by atoms with Crippen LogP contribution in [0.4, 0.5) is 11.4 Å². The summed E-state index contributed by atoms with van der Waals surface area (Å²) >= 11 is 5.57. The van der Waals surface area contributed by atoms with Crippen molar-refractivity contribution in [2.75, 3.05) is 35.7 Å². The smallest absolute Gasteiger partial charge is 0.101 e. The van der Waals surface area contributed by atoms with Gasteiger partial charge in [0.05, 0.1) is 23.2 Å². The molecule has 4 nitrogen and oxygen atoms in total. The molecule has 0 aromatic heterocycles. The van der Waals surface area contributed by atoms with Gasteiger partial charge in [-0.15, -0.1) is 11.6 Å². The minimum Gasteiger partial charge on any atom is -0.390 e. The fourth-order valence-corrected chi connectivity index (χ4v) is 2.82. The fraction of sp³-hybridized carbons (Fsp3) is 0.562. The first-order valence-corrected chi connectivity index (χ1v) is 7.94. The quantitative estimate of drug-likeness (QED) is 0.821. The van der Waals surface area contributed by atoms with Crippen molar-refractivity contribution in [2.24, 2.45) is 5.92 Å². The molecule has 114 valence electrons. The third-order valence-electron chi connectivity index (χ3n) is 3.83. The van der Waals surface area contributed by atoms with Crippen molar-refractivity contribution in [2.45, 2.75) is 25.9 Å². The molecule has 1 fully saturated rings. The van der Waals surface area contributed by atoms with Crippen molar-refractivity contribution >= 4 is 23.0 Å². The molecule has 5 heteroatoms. The molecule has 1 aromatic rings. The Morgan fingerprint density at radius 3 is 3.05 bits per heavy atom. The minimum atomic E-state index is -0.583. The van der Waals surface area contributed by atoms with Crippen LogP contribution in [0.25, 0.3) is 0 Å². The summed E-state index contributed by atoms with van der Waals surface area (Å²) in [5.74, 6) is 0.865. The highest BCUT2D eigenvalue weighted by Crippen LogP contribution is 2.28. The van der Waals surface area contributed by atoms with Gasteiger partial charge in [0.25, 0.3) is 0 Å². The van der Waals surface area contributed by atoms with Gasteiger partial charge in [-0.2, -0.15) is 5.26 Å². The number of nitrogens with one attached hydrogen (secondary N) is 1. The van der Waals surface area contributed by atoms with Gasteiger partial charge in [0.2, 0.25) is 0 Å². The number of piperidine rings is 1. The van der Waals surface area contributed by atoms with Gasteiger partial charge in [-0.1, -0.05) is 6.92 Å². The van der Waals surface area contributed by atoms with Gasteiger partial charge < -0.3 is 15.3 Å². The Morgan fingerprint density at radius 2 is 2.38 bits per heavy atom. The maximum Gasteiger partial charge on any atom is 0.101 e. The Labute approximate surface area is 131 Å². The number of benzene rings is 1. The lowest BCUT2D eigenvalue weighted by molar-refractivity contribution is 0.211. The molecular formula is C16H22ClN3O. The standard InChI is InChI=1S/C16H22ClN3O/c1-12-3-2-6-20(11-12)16-5-4-14(7-13(16)9-18)19-10-15(21)8-17/h4-5,7,12,15,19,21H,2-3,6,8,10-11H2,1H3. The first kappa shape index (κ1) is 15.9. The normalized spacial score (nSPS) is 19.9. The van der Waals surface area contributed by atoms with E-state index in [1.165, 1.54) is 12.8 Å². The van der Waals surface area contributed by atoms with Crippen LogP contribution in [0.3, 0.4) is 0 Å². The molecule has 1 aliphatic rings. The number of nitrogens with zero attached hydrogens (tertiary/aromatic N) is 2. The van der Waals surface area contributed by atoms with Crippen molar-refractivity contribution < 1.29 is 5.11 Å². The first-order valence-electron chi connectivity index (χ1n) is 7.41. The highest BCUT2D eigenvalue weighted by Gasteiger charge is 2.19. The van der Waals surface area contributed by atoms with Gasteiger partial charge in [-0.05, 0) is 37.0 Å². The first-order chi connectivity index (χ1) is 10.1.